The fourth-order valence-electron chi connectivity index (χ4n) is 4.55. The number of benzene rings is 1. The first-order valence-corrected chi connectivity index (χ1v) is 13.2. The number of rotatable bonds is 5. The number of amides is 1. The summed E-state index contributed by atoms with van der Waals surface area (Å²) in [5.41, 5.74) is 2.84. The van der Waals surface area contributed by atoms with Crippen LogP contribution in [0.4, 0.5) is 24.7 Å². The van der Waals surface area contributed by atoms with Crippen LogP contribution in [0.1, 0.15) is 31.7 Å². The molecular formula is C24H22F3N7O3S. The van der Waals surface area contributed by atoms with Crippen LogP contribution in [0, 0.1) is 5.92 Å². The van der Waals surface area contributed by atoms with Crippen molar-refractivity contribution >= 4 is 38.4 Å². The van der Waals surface area contributed by atoms with E-state index < -0.39 is 20.2 Å². The summed E-state index contributed by atoms with van der Waals surface area (Å²) in [7, 11) is -5.45. The van der Waals surface area contributed by atoms with E-state index in [1.165, 1.54) is 0 Å². The average molecular weight is 546 g/mol. The van der Waals surface area contributed by atoms with Gasteiger partial charge < -0.3 is 15.6 Å². The van der Waals surface area contributed by atoms with E-state index in [0.717, 1.165) is 29.8 Å². The summed E-state index contributed by atoms with van der Waals surface area (Å²) in [6, 6.07) is 7.55. The Bertz CT molecular complexity index is 1580. The standard InChI is InChI=1S/C24H22F3N7O3S/c25-24(26,27)38(36,37)18-7-3-16(4-8-18)31-23(35)15-1-5-17(6-2-15)34-13-30-19-20(28)32-21(33-22(19)34)14-9-11-29-12-10-14/h3-4,7-13,15,17H,1-2,5-6H2,(H,31,35)(H2,28,32,33)/t15-,17+. The van der Waals surface area contributed by atoms with E-state index >= 15 is 0 Å². The quantitative estimate of drug-likeness (QED) is 0.381. The molecule has 1 saturated carbocycles. The second-order valence-electron chi connectivity index (χ2n) is 8.96. The van der Waals surface area contributed by atoms with E-state index in [0.29, 0.717) is 42.7 Å². The summed E-state index contributed by atoms with van der Waals surface area (Å²) in [6.07, 6.45) is 7.42. The zero-order valence-electron chi connectivity index (χ0n) is 19.8. The molecule has 4 aromatic rings. The van der Waals surface area contributed by atoms with Crippen molar-refractivity contribution in [3.8, 4) is 11.4 Å². The van der Waals surface area contributed by atoms with Gasteiger partial charge in [-0.1, -0.05) is 0 Å². The monoisotopic (exact) mass is 545 g/mol. The lowest BCUT2D eigenvalue weighted by Crippen LogP contribution is -2.28. The number of hydrogen-bond donors (Lipinski definition) is 2. The fraction of sp³-hybridized carbons (Fsp3) is 0.292. The van der Waals surface area contributed by atoms with Crippen molar-refractivity contribution in [3.63, 3.8) is 0 Å². The second-order valence-corrected chi connectivity index (χ2v) is 10.9. The summed E-state index contributed by atoms with van der Waals surface area (Å²) in [4.78, 5) is 29.3. The first kappa shape index (κ1) is 25.6. The Balaban J connectivity index is 1.26. The first-order valence-electron chi connectivity index (χ1n) is 11.7. The van der Waals surface area contributed by atoms with Crippen molar-refractivity contribution < 1.29 is 26.4 Å². The summed E-state index contributed by atoms with van der Waals surface area (Å²) >= 11 is 0. The zero-order valence-corrected chi connectivity index (χ0v) is 20.6. The van der Waals surface area contributed by atoms with Crippen molar-refractivity contribution in [2.75, 3.05) is 11.1 Å². The second kappa shape index (κ2) is 9.67. The highest BCUT2D eigenvalue weighted by atomic mass is 32.2. The normalized spacial score (nSPS) is 18.4. The number of aromatic nitrogens is 5. The smallest absolute Gasteiger partial charge is 0.382 e. The highest BCUT2D eigenvalue weighted by Crippen LogP contribution is 2.36. The minimum atomic E-state index is -5.45. The number of nitrogens with one attached hydrogen (secondary N) is 1. The lowest BCUT2D eigenvalue weighted by atomic mass is 9.85. The number of nitrogens with zero attached hydrogens (tertiary/aromatic N) is 5. The number of nitrogen functional groups attached to an aromatic ring is 1. The molecule has 1 aliphatic rings. The predicted molar refractivity (Wildman–Crippen MR) is 132 cm³/mol. The largest absolute Gasteiger partial charge is 0.501 e. The minimum Gasteiger partial charge on any atom is -0.382 e. The van der Waals surface area contributed by atoms with Crippen LogP contribution in [0.2, 0.25) is 0 Å². The molecule has 1 aromatic carbocycles. The topological polar surface area (TPSA) is 146 Å². The van der Waals surface area contributed by atoms with Crippen LogP contribution in [0.25, 0.3) is 22.6 Å². The average Bonchev–Trinajstić information content (AvgIpc) is 3.34. The molecule has 5 rings (SSSR count). The lowest BCUT2D eigenvalue weighted by molar-refractivity contribution is -0.121. The van der Waals surface area contributed by atoms with Crippen LogP contribution in [0.5, 0.6) is 0 Å². The van der Waals surface area contributed by atoms with Crippen molar-refractivity contribution in [2.24, 2.45) is 5.92 Å². The van der Waals surface area contributed by atoms with Crippen LogP contribution < -0.4 is 11.1 Å². The summed E-state index contributed by atoms with van der Waals surface area (Å²) in [5.74, 6) is 0.132. The number of hydrogen-bond acceptors (Lipinski definition) is 8. The number of halogens is 3. The van der Waals surface area contributed by atoms with Gasteiger partial charge in [0.15, 0.2) is 17.3 Å². The fourth-order valence-corrected chi connectivity index (χ4v) is 5.31. The third-order valence-corrected chi connectivity index (χ3v) is 8.09. The minimum absolute atomic E-state index is 0.0375. The maximum absolute atomic E-state index is 12.8. The Labute approximate surface area is 215 Å². The SMILES string of the molecule is Nc1nc(-c2ccncc2)nc2c1ncn2[C@H]1CC[C@@H](C(=O)Nc2ccc(S(=O)(=O)C(F)(F)F)cc2)CC1. The molecule has 10 nitrogen and oxygen atoms in total. The Morgan fingerprint density at radius 3 is 2.29 bits per heavy atom. The summed E-state index contributed by atoms with van der Waals surface area (Å²) in [5, 5.41) is 2.66. The number of sulfone groups is 1. The molecule has 3 heterocycles. The van der Waals surface area contributed by atoms with Crippen LogP contribution in [-0.2, 0) is 14.6 Å². The molecule has 3 N–H and O–H groups in total. The Kier molecular flexibility index (Phi) is 6.51. The maximum atomic E-state index is 12.8. The molecule has 0 unspecified atom stereocenters. The Morgan fingerprint density at radius 1 is 1.00 bits per heavy atom. The van der Waals surface area contributed by atoms with Gasteiger partial charge in [0.2, 0.25) is 5.91 Å². The molecule has 0 saturated heterocycles. The Hall–Kier alpha value is -4.07. The molecule has 3 aromatic heterocycles. The van der Waals surface area contributed by atoms with Crippen molar-refractivity contribution in [1.29, 1.82) is 0 Å². The summed E-state index contributed by atoms with van der Waals surface area (Å²) < 4.78 is 63.2. The number of carbonyl (C=O) groups is 1. The third kappa shape index (κ3) is 4.78. The van der Waals surface area contributed by atoms with Crippen molar-refractivity contribution in [2.45, 2.75) is 42.1 Å². The Morgan fingerprint density at radius 2 is 1.66 bits per heavy atom. The molecule has 1 fully saturated rings. The number of nitrogens with two attached hydrogens (primary N) is 1. The molecule has 0 bridgehead atoms. The highest BCUT2D eigenvalue weighted by Gasteiger charge is 2.46. The van der Waals surface area contributed by atoms with E-state index in [9.17, 15) is 26.4 Å². The van der Waals surface area contributed by atoms with E-state index in [1.54, 1.807) is 30.9 Å². The van der Waals surface area contributed by atoms with E-state index in [1.807, 2.05) is 4.57 Å². The van der Waals surface area contributed by atoms with Gasteiger partial charge in [-0.25, -0.2) is 23.4 Å². The molecule has 0 atom stereocenters. The lowest BCUT2D eigenvalue weighted by Gasteiger charge is -2.28. The zero-order chi connectivity index (χ0) is 27.1. The molecular weight excluding hydrogens is 523 g/mol. The third-order valence-electron chi connectivity index (χ3n) is 6.58. The van der Waals surface area contributed by atoms with Gasteiger partial charge in [0.25, 0.3) is 9.84 Å². The maximum Gasteiger partial charge on any atom is 0.501 e. The molecule has 1 aliphatic carbocycles. The number of carbonyl (C=O) groups excluding carboxylic acids is 1. The molecule has 198 valence electrons. The van der Waals surface area contributed by atoms with Gasteiger partial charge in [-0.05, 0) is 62.1 Å². The van der Waals surface area contributed by atoms with E-state index in [4.69, 9.17) is 5.73 Å². The summed E-state index contributed by atoms with van der Waals surface area (Å²) in [6.45, 7) is 0. The van der Waals surface area contributed by atoms with Crippen LogP contribution in [0.3, 0.4) is 0 Å². The first-order chi connectivity index (χ1) is 18.0. The molecule has 38 heavy (non-hydrogen) atoms. The van der Waals surface area contributed by atoms with Gasteiger partial charge in [0, 0.05) is 35.6 Å². The number of imidazole rings is 1. The molecule has 0 spiro atoms. The van der Waals surface area contributed by atoms with Crippen molar-refractivity contribution in [3.05, 3.63) is 55.1 Å². The molecule has 0 aliphatic heterocycles. The van der Waals surface area contributed by atoms with E-state index in [2.05, 4.69) is 25.3 Å². The van der Waals surface area contributed by atoms with Gasteiger partial charge in [-0.3, -0.25) is 9.78 Å². The molecule has 1 amide bonds. The van der Waals surface area contributed by atoms with Gasteiger partial charge in [0.1, 0.15) is 5.52 Å². The van der Waals surface area contributed by atoms with Crippen LogP contribution >= 0.6 is 0 Å². The highest BCUT2D eigenvalue weighted by molar-refractivity contribution is 7.92. The van der Waals surface area contributed by atoms with Gasteiger partial charge in [0.05, 0.1) is 11.2 Å². The van der Waals surface area contributed by atoms with Gasteiger partial charge >= 0.3 is 5.51 Å². The number of fused-ring (bicyclic) bond motifs is 1. The van der Waals surface area contributed by atoms with Gasteiger partial charge in [-0.2, -0.15) is 13.2 Å². The van der Waals surface area contributed by atoms with E-state index in [-0.39, 0.29) is 29.4 Å². The van der Waals surface area contributed by atoms with Crippen LogP contribution in [-0.4, -0.2) is 44.3 Å². The molecule has 14 heteroatoms. The van der Waals surface area contributed by atoms with Crippen LogP contribution in [0.15, 0.2) is 60.0 Å². The van der Waals surface area contributed by atoms with Gasteiger partial charge in [-0.15, -0.1) is 0 Å². The number of alkyl halides is 3. The number of pyridine rings is 1. The number of anilines is 2. The van der Waals surface area contributed by atoms with Crippen molar-refractivity contribution in [1.82, 2.24) is 24.5 Å². The predicted octanol–water partition coefficient (Wildman–Crippen LogP) is 4.13. The molecule has 0 radical (unpaired) electrons.